The summed E-state index contributed by atoms with van der Waals surface area (Å²) in [5, 5.41) is 49.1. The Kier molecular flexibility index (Phi) is 81.7. The molecule has 0 rings (SSSR count). The number of aliphatic carboxylic acids is 4. The van der Waals surface area contributed by atoms with Gasteiger partial charge in [-0.05, 0) is 120 Å². The predicted octanol–water partition coefficient (Wildman–Crippen LogP) is 31.2. The molecule has 0 fully saturated rings. The molecule has 0 aliphatic rings. The van der Waals surface area contributed by atoms with E-state index in [1.165, 1.54) is 308 Å². The summed E-state index contributed by atoms with van der Waals surface area (Å²) in [5.41, 5.74) is -2.87. The van der Waals surface area contributed by atoms with Crippen LogP contribution in [-0.2, 0) is 40.9 Å². The van der Waals surface area contributed by atoms with Gasteiger partial charge in [0.15, 0.2) is 0 Å². The van der Waals surface area contributed by atoms with Gasteiger partial charge in [-0.3, -0.25) is 0 Å². The Morgan fingerprint density at radius 1 is 0.171 bits per heavy atom. The van der Waals surface area contributed by atoms with Crippen molar-refractivity contribution in [3.05, 3.63) is 0 Å². The summed E-state index contributed by atoms with van der Waals surface area (Å²) in [6.07, 6.45) is 74.3. The molecule has 0 aliphatic carbocycles. The van der Waals surface area contributed by atoms with Crippen LogP contribution in [0, 0.1) is 116 Å². The molecule has 696 valence electrons. The van der Waals surface area contributed by atoms with Crippen LogP contribution in [0.15, 0.2) is 0 Å². The van der Waals surface area contributed by atoms with E-state index in [2.05, 4.69) is 194 Å². The molecule has 0 amide bonds. The molecule has 0 aromatic carbocycles. The minimum Gasteiger partial charge on any atom is -0.550 e. The number of unbranched alkanes of at least 4 members (excludes halogenated alkanes) is 48. The Labute approximate surface area is 750 Å². The zero-order valence-electron chi connectivity index (χ0n) is 84.6. The maximum absolute atomic E-state index is 12.3. The van der Waals surface area contributed by atoms with Crippen molar-refractivity contribution in [2.75, 3.05) is 0 Å². The first-order chi connectivity index (χ1) is 54.9. The quantitative estimate of drug-likeness (QED) is 0.0430. The molecular weight excluding hydrogens is 1470 g/mol. The Morgan fingerprint density at radius 3 is 0.325 bits per heavy atom. The molecule has 0 spiro atoms. The predicted molar refractivity (Wildman–Crippen MR) is 503 cm³/mol. The Balaban J connectivity index is -0.000000475. The van der Waals surface area contributed by atoms with Crippen molar-refractivity contribution in [3.63, 3.8) is 0 Å². The van der Waals surface area contributed by atoms with Gasteiger partial charge in [-0.1, -0.05) is 528 Å². The van der Waals surface area contributed by atoms with Crippen molar-refractivity contribution in [2.24, 2.45) is 116 Å². The minimum atomic E-state index is -0.837. The molecule has 4 atom stereocenters. The second kappa shape index (κ2) is 77.0. The third-order valence-electron chi connectivity index (χ3n) is 29.2. The number of carboxylic acid groups (broad SMARTS) is 4. The number of hydrogen-bond donors (Lipinski definition) is 0. The zero-order valence-corrected chi connectivity index (χ0v) is 86.2. The SMILES string of the molecule is CCCCCCCCCCCCCCCC(C(C)C)C(C(=O)[O-])(C(C)C)C(C)C.CCCCCCCCCCCCCCCC(C(C)C)C(C(=O)[O-])(C(C)C)C(C)C.CCCCCCCCCCCCCCCC(C(C)C)C(C(=O)[O-])(C(C)C)C(C)C.CCCCCCCCCCCCCCCC(C(C)C)C(C(=O)[O-])(C(C)C)C(C)C.[Ti+4]. The third kappa shape index (κ3) is 49.9. The van der Waals surface area contributed by atoms with Crippen molar-refractivity contribution >= 4 is 23.9 Å². The van der Waals surface area contributed by atoms with E-state index in [4.69, 9.17) is 0 Å². The molecule has 0 heterocycles. The first kappa shape index (κ1) is 124. The second-order valence-electron chi connectivity index (χ2n) is 41.6. The monoisotopic (exact) mass is 1690 g/mol. The molecule has 0 aliphatic heterocycles. The van der Waals surface area contributed by atoms with Crippen LogP contribution in [0.1, 0.15) is 553 Å². The van der Waals surface area contributed by atoms with Crippen LogP contribution in [0.2, 0.25) is 0 Å². The van der Waals surface area contributed by atoms with Crippen molar-refractivity contribution in [1.29, 1.82) is 0 Å². The third-order valence-corrected chi connectivity index (χ3v) is 29.2. The molecule has 0 bridgehead atoms. The molecular formula is C108H212O8Ti. The van der Waals surface area contributed by atoms with E-state index in [1.54, 1.807) is 0 Å². The summed E-state index contributed by atoms with van der Waals surface area (Å²) in [5.74, 6) is -0.297. The molecule has 117 heavy (non-hydrogen) atoms. The van der Waals surface area contributed by atoms with Gasteiger partial charge in [-0.25, -0.2) is 0 Å². The van der Waals surface area contributed by atoms with E-state index in [9.17, 15) is 39.6 Å². The molecule has 0 aromatic rings. The van der Waals surface area contributed by atoms with E-state index in [0.29, 0.717) is 23.7 Å². The number of carboxylic acids is 4. The van der Waals surface area contributed by atoms with Crippen molar-refractivity contribution in [1.82, 2.24) is 0 Å². The Hall–Kier alpha value is -1.41. The molecule has 0 N–H and O–H groups in total. The Morgan fingerprint density at radius 2 is 0.256 bits per heavy atom. The van der Waals surface area contributed by atoms with Crippen LogP contribution in [0.4, 0.5) is 0 Å². The van der Waals surface area contributed by atoms with Gasteiger partial charge in [0.1, 0.15) is 0 Å². The van der Waals surface area contributed by atoms with Gasteiger partial charge in [0, 0.05) is 45.5 Å². The molecule has 0 saturated heterocycles. The van der Waals surface area contributed by atoms with E-state index in [1.807, 2.05) is 0 Å². The summed E-state index contributed by atoms with van der Waals surface area (Å²) in [4.78, 5) is 49.1. The summed E-state index contributed by atoms with van der Waals surface area (Å²) in [6, 6.07) is 0. The number of carbonyl (C=O) groups excluding carboxylic acids is 4. The fourth-order valence-corrected chi connectivity index (χ4v) is 22.6. The van der Waals surface area contributed by atoms with Crippen LogP contribution < -0.4 is 20.4 Å². The van der Waals surface area contributed by atoms with Gasteiger partial charge in [0.05, 0.1) is 0 Å². The zero-order chi connectivity index (χ0) is 89.1. The van der Waals surface area contributed by atoms with Gasteiger partial charge in [-0.15, -0.1) is 0 Å². The molecule has 4 unspecified atom stereocenters. The van der Waals surface area contributed by atoms with Gasteiger partial charge < -0.3 is 39.6 Å². The van der Waals surface area contributed by atoms with Crippen LogP contribution in [-0.4, -0.2) is 23.9 Å². The van der Waals surface area contributed by atoms with Gasteiger partial charge in [0.2, 0.25) is 0 Å². The fourth-order valence-electron chi connectivity index (χ4n) is 22.6. The molecule has 0 aromatic heterocycles. The topological polar surface area (TPSA) is 161 Å². The largest absolute Gasteiger partial charge is 4.00 e. The normalized spacial score (nSPS) is 13.5. The van der Waals surface area contributed by atoms with E-state index in [-0.39, 0.29) is 92.7 Å². The molecule has 0 radical (unpaired) electrons. The number of rotatable bonds is 76. The van der Waals surface area contributed by atoms with Gasteiger partial charge in [-0.2, -0.15) is 0 Å². The number of carbonyl (C=O) groups is 4. The summed E-state index contributed by atoms with van der Waals surface area (Å²) in [6.45, 7) is 59.7. The maximum atomic E-state index is 12.3. The van der Waals surface area contributed by atoms with Crippen LogP contribution >= 0.6 is 0 Å². The first-order valence-corrected chi connectivity index (χ1v) is 51.7. The van der Waals surface area contributed by atoms with Crippen molar-refractivity contribution in [3.8, 4) is 0 Å². The van der Waals surface area contributed by atoms with Crippen LogP contribution in [0.5, 0.6) is 0 Å². The van der Waals surface area contributed by atoms with E-state index < -0.39 is 45.5 Å². The summed E-state index contributed by atoms with van der Waals surface area (Å²) < 4.78 is 0. The second-order valence-corrected chi connectivity index (χ2v) is 41.6. The molecule has 9 heteroatoms. The first-order valence-electron chi connectivity index (χ1n) is 51.7. The minimum absolute atomic E-state index is 0. The maximum Gasteiger partial charge on any atom is 4.00 e. The smallest absolute Gasteiger partial charge is 0.550 e. The van der Waals surface area contributed by atoms with Crippen LogP contribution in [0.25, 0.3) is 0 Å². The average Bonchev–Trinajstić information content (AvgIpc) is 0.795. The summed E-state index contributed by atoms with van der Waals surface area (Å²) >= 11 is 0. The fraction of sp³-hybridized carbons (Fsp3) is 0.963. The molecule has 8 nitrogen and oxygen atoms in total. The van der Waals surface area contributed by atoms with Crippen molar-refractivity contribution in [2.45, 2.75) is 553 Å². The van der Waals surface area contributed by atoms with Crippen LogP contribution in [0.3, 0.4) is 0 Å². The Bertz CT molecular complexity index is 1870. The van der Waals surface area contributed by atoms with E-state index >= 15 is 0 Å². The number of hydrogen-bond acceptors (Lipinski definition) is 8. The molecule has 0 saturated carbocycles. The average molecular weight is 1690 g/mol. The standard InChI is InChI=1S/4C27H54O2.Ti/c4*1-8-9-10-11-12-13-14-15-16-17-18-19-20-21-25(22(2)3)27(23(4)5,24(6)7)26(28)29;/h4*22-25H,8-21H2,1-7H3,(H,28,29);/q;;;;+4/p-4. The van der Waals surface area contributed by atoms with Gasteiger partial charge in [0.25, 0.3) is 0 Å². The summed E-state index contributed by atoms with van der Waals surface area (Å²) in [7, 11) is 0. The van der Waals surface area contributed by atoms with E-state index in [0.717, 1.165) is 51.4 Å². The van der Waals surface area contributed by atoms with Crippen molar-refractivity contribution < 1.29 is 61.3 Å². The van der Waals surface area contributed by atoms with Gasteiger partial charge >= 0.3 is 21.7 Å².